The van der Waals surface area contributed by atoms with Crippen LogP contribution in [0.1, 0.15) is 127 Å². The summed E-state index contributed by atoms with van der Waals surface area (Å²) >= 11 is 0. The van der Waals surface area contributed by atoms with Gasteiger partial charge in [-0.1, -0.05) is 121 Å². The first-order valence-electron chi connectivity index (χ1n) is 11.5. The summed E-state index contributed by atoms with van der Waals surface area (Å²) in [5.74, 6) is 0.869. The van der Waals surface area contributed by atoms with E-state index in [1.54, 1.807) is 11.1 Å². The van der Waals surface area contributed by atoms with Crippen molar-refractivity contribution < 1.29 is 0 Å². The molecular weight excluding hydrogens is 300 g/mol. The highest BCUT2D eigenvalue weighted by Crippen LogP contribution is 2.36. The topological polar surface area (TPSA) is 0 Å². The molecule has 0 aromatic heterocycles. The van der Waals surface area contributed by atoms with Crippen molar-refractivity contribution in [3.8, 4) is 0 Å². The van der Waals surface area contributed by atoms with Crippen LogP contribution in [0.15, 0.2) is 24.3 Å². The summed E-state index contributed by atoms with van der Waals surface area (Å²) in [6, 6.07) is 9.13. The monoisotopic (exact) mass is 342 g/mol. The number of unbranched alkanes of at least 4 members (excludes halogenated alkanes) is 13. The van der Waals surface area contributed by atoms with Crippen LogP contribution in [0.25, 0.3) is 0 Å². The highest BCUT2D eigenvalue weighted by Gasteiger charge is 2.20. The second-order valence-corrected chi connectivity index (χ2v) is 8.32. The van der Waals surface area contributed by atoms with E-state index in [2.05, 4.69) is 31.2 Å². The molecule has 0 heteroatoms. The first-order chi connectivity index (χ1) is 12.4. The van der Waals surface area contributed by atoms with Crippen molar-refractivity contribution in [2.24, 2.45) is 0 Å². The Hall–Kier alpha value is -0.780. The van der Waals surface area contributed by atoms with Crippen LogP contribution < -0.4 is 0 Å². The molecule has 0 nitrogen and oxygen atoms in total. The lowest BCUT2D eigenvalue weighted by atomic mass is 9.94. The Bertz CT molecular complexity index is 433. The summed E-state index contributed by atoms with van der Waals surface area (Å²) in [5, 5.41) is 0. The van der Waals surface area contributed by atoms with Crippen molar-refractivity contribution in [2.75, 3.05) is 0 Å². The molecule has 0 fully saturated rings. The number of aryl methyl sites for hydroxylation is 1. The predicted molar refractivity (Wildman–Crippen MR) is 112 cm³/mol. The maximum absolute atomic E-state index is 2.37. The van der Waals surface area contributed by atoms with Gasteiger partial charge in [-0.2, -0.15) is 0 Å². The SMILES string of the molecule is CCCCCCCCCCCCCCCC[C@H]1CCc2ccccc21. The van der Waals surface area contributed by atoms with Gasteiger partial charge in [-0.3, -0.25) is 0 Å². The fourth-order valence-corrected chi connectivity index (χ4v) is 4.53. The van der Waals surface area contributed by atoms with E-state index in [-0.39, 0.29) is 0 Å². The Morgan fingerprint density at radius 3 is 1.80 bits per heavy atom. The van der Waals surface area contributed by atoms with Crippen molar-refractivity contribution in [1.82, 2.24) is 0 Å². The van der Waals surface area contributed by atoms with Crippen LogP contribution in [0.4, 0.5) is 0 Å². The van der Waals surface area contributed by atoms with Gasteiger partial charge in [0.05, 0.1) is 0 Å². The molecule has 1 atom stereocenters. The molecular formula is C25H42. The molecule has 1 aromatic rings. The van der Waals surface area contributed by atoms with E-state index in [9.17, 15) is 0 Å². The number of hydrogen-bond acceptors (Lipinski definition) is 0. The van der Waals surface area contributed by atoms with Crippen LogP contribution >= 0.6 is 0 Å². The minimum atomic E-state index is 0.869. The highest BCUT2D eigenvalue weighted by molar-refractivity contribution is 5.34. The van der Waals surface area contributed by atoms with Gasteiger partial charge in [-0.15, -0.1) is 0 Å². The van der Waals surface area contributed by atoms with Crippen molar-refractivity contribution in [3.63, 3.8) is 0 Å². The zero-order valence-corrected chi connectivity index (χ0v) is 16.9. The molecule has 1 aliphatic rings. The minimum absolute atomic E-state index is 0.869. The Balaban J connectivity index is 1.34. The summed E-state index contributed by atoms with van der Waals surface area (Å²) in [4.78, 5) is 0. The average Bonchev–Trinajstić information content (AvgIpc) is 3.05. The molecule has 0 N–H and O–H groups in total. The lowest BCUT2D eigenvalue weighted by Crippen LogP contribution is -1.93. The van der Waals surface area contributed by atoms with Crippen LogP contribution in [0.3, 0.4) is 0 Å². The second-order valence-electron chi connectivity index (χ2n) is 8.32. The zero-order chi connectivity index (χ0) is 17.6. The normalized spacial score (nSPS) is 16.3. The van der Waals surface area contributed by atoms with E-state index in [4.69, 9.17) is 0 Å². The molecule has 1 aromatic carbocycles. The van der Waals surface area contributed by atoms with Gasteiger partial charge in [0.2, 0.25) is 0 Å². The summed E-state index contributed by atoms with van der Waals surface area (Å²) in [7, 11) is 0. The average molecular weight is 343 g/mol. The number of hydrogen-bond donors (Lipinski definition) is 0. The van der Waals surface area contributed by atoms with Gasteiger partial charge in [0.25, 0.3) is 0 Å². The maximum atomic E-state index is 2.37. The fourth-order valence-electron chi connectivity index (χ4n) is 4.53. The van der Waals surface area contributed by atoms with Crippen molar-refractivity contribution in [1.29, 1.82) is 0 Å². The summed E-state index contributed by atoms with van der Waals surface area (Å²) in [6.07, 6.45) is 24.6. The molecule has 0 bridgehead atoms. The highest BCUT2D eigenvalue weighted by atomic mass is 14.3. The first kappa shape index (κ1) is 20.5. The third kappa shape index (κ3) is 8.43. The van der Waals surface area contributed by atoms with E-state index in [1.165, 1.54) is 109 Å². The molecule has 2 rings (SSSR count). The number of benzene rings is 1. The Labute approximate surface area is 157 Å². The Morgan fingerprint density at radius 2 is 1.20 bits per heavy atom. The van der Waals surface area contributed by atoms with Crippen LogP contribution in [-0.4, -0.2) is 0 Å². The molecule has 0 radical (unpaired) electrons. The van der Waals surface area contributed by atoms with E-state index in [1.807, 2.05) is 0 Å². The second kappa shape index (κ2) is 13.4. The van der Waals surface area contributed by atoms with E-state index < -0.39 is 0 Å². The van der Waals surface area contributed by atoms with Crippen molar-refractivity contribution in [3.05, 3.63) is 35.4 Å². The molecule has 142 valence electrons. The van der Waals surface area contributed by atoms with E-state index >= 15 is 0 Å². The van der Waals surface area contributed by atoms with Crippen molar-refractivity contribution in [2.45, 2.75) is 122 Å². The van der Waals surface area contributed by atoms with Gasteiger partial charge < -0.3 is 0 Å². The van der Waals surface area contributed by atoms with Crippen LogP contribution in [-0.2, 0) is 6.42 Å². The molecule has 0 aliphatic heterocycles. The van der Waals surface area contributed by atoms with Crippen molar-refractivity contribution >= 4 is 0 Å². The van der Waals surface area contributed by atoms with Gasteiger partial charge >= 0.3 is 0 Å². The standard InChI is InChI=1S/C25H42/c1-2-3-4-5-6-7-8-9-10-11-12-13-14-15-18-23-21-22-24-19-16-17-20-25(23)24/h16-17,19-20,23H,2-15,18,21-22H2,1H3/t23-/m0/s1. The molecule has 0 amide bonds. The van der Waals surface area contributed by atoms with Gasteiger partial charge in [-0.25, -0.2) is 0 Å². The lowest BCUT2D eigenvalue weighted by Gasteiger charge is -2.11. The molecule has 1 aliphatic carbocycles. The molecule has 0 saturated heterocycles. The van der Waals surface area contributed by atoms with Crippen LogP contribution in [0.5, 0.6) is 0 Å². The molecule has 0 unspecified atom stereocenters. The quantitative estimate of drug-likeness (QED) is 0.280. The minimum Gasteiger partial charge on any atom is -0.0654 e. The smallest absolute Gasteiger partial charge is 0.0156 e. The van der Waals surface area contributed by atoms with E-state index in [0.29, 0.717) is 0 Å². The molecule has 0 spiro atoms. The molecule has 0 heterocycles. The van der Waals surface area contributed by atoms with E-state index in [0.717, 1.165) is 5.92 Å². The number of fused-ring (bicyclic) bond motifs is 1. The zero-order valence-electron chi connectivity index (χ0n) is 16.9. The van der Waals surface area contributed by atoms with Crippen LogP contribution in [0, 0.1) is 0 Å². The van der Waals surface area contributed by atoms with Crippen LogP contribution in [0.2, 0.25) is 0 Å². The maximum Gasteiger partial charge on any atom is -0.0156 e. The summed E-state index contributed by atoms with van der Waals surface area (Å²) in [5.41, 5.74) is 3.29. The molecule has 0 saturated carbocycles. The first-order valence-corrected chi connectivity index (χ1v) is 11.5. The van der Waals surface area contributed by atoms with Gasteiger partial charge in [0.15, 0.2) is 0 Å². The third-order valence-corrected chi connectivity index (χ3v) is 6.16. The van der Waals surface area contributed by atoms with Gasteiger partial charge in [0.1, 0.15) is 0 Å². The van der Waals surface area contributed by atoms with Gasteiger partial charge in [-0.05, 0) is 36.3 Å². The Kier molecular flexibility index (Phi) is 11.0. The van der Waals surface area contributed by atoms with Gasteiger partial charge in [0, 0.05) is 0 Å². The number of rotatable bonds is 15. The lowest BCUT2D eigenvalue weighted by molar-refractivity contribution is 0.516. The molecule has 25 heavy (non-hydrogen) atoms. The summed E-state index contributed by atoms with van der Waals surface area (Å²) < 4.78 is 0. The fraction of sp³-hybridized carbons (Fsp3) is 0.760. The largest absolute Gasteiger partial charge is 0.0654 e. The predicted octanol–water partition coefficient (Wildman–Crippen LogP) is 8.59. The Morgan fingerprint density at radius 1 is 0.680 bits per heavy atom. The summed E-state index contributed by atoms with van der Waals surface area (Å²) in [6.45, 7) is 2.30. The third-order valence-electron chi connectivity index (χ3n) is 6.16.